The van der Waals surface area contributed by atoms with Crippen LogP contribution in [0, 0.1) is 28.6 Å². The number of nitrogens with one attached hydrogen (secondary N) is 3. The largest absolute Gasteiger partial charge is 0.507 e. The van der Waals surface area contributed by atoms with Crippen molar-refractivity contribution in [2.24, 2.45) is 16.7 Å². The number of piperazine rings is 1. The molecule has 0 radical (unpaired) electrons. The first-order chi connectivity index (χ1) is 34.7. The summed E-state index contributed by atoms with van der Waals surface area (Å²) in [5.74, 6) is 7.03. The van der Waals surface area contributed by atoms with Crippen molar-refractivity contribution in [3.63, 3.8) is 0 Å². The molecule has 5 heterocycles. The Bertz CT molecular complexity index is 2600. The molecule has 17 heteroatoms. The highest BCUT2D eigenvalue weighted by molar-refractivity contribution is 6.30. The van der Waals surface area contributed by atoms with Gasteiger partial charge in [-0.25, -0.2) is 9.97 Å². The van der Waals surface area contributed by atoms with Crippen LogP contribution in [0.5, 0.6) is 5.75 Å². The predicted octanol–water partition coefficient (Wildman–Crippen LogP) is 6.23. The molecule has 1 spiro atoms. The van der Waals surface area contributed by atoms with E-state index in [-0.39, 0.29) is 54.3 Å². The maximum Gasteiger partial charge on any atom is 0.246 e. The van der Waals surface area contributed by atoms with Crippen LogP contribution in [0.15, 0.2) is 67.0 Å². The number of carbonyl (C=O) groups excluding carboxylic acids is 3. The average Bonchev–Trinajstić information content (AvgIpc) is 3.78. The number of amides is 3. The number of benzene rings is 2. The number of rotatable bonds is 12. The van der Waals surface area contributed by atoms with Gasteiger partial charge in [-0.3, -0.25) is 14.4 Å². The molecule has 2 aromatic carbocycles. The number of aliphatic hydroxyl groups excluding tert-OH is 1. The number of carbonyl (C=O) groups is 3. The topological polar surface area (TPSA) is 192 Å². The Morgan fingerprint density at radius 2 is 1.57 bits per heavy atom. The standard InChI is InChI=1S/C55H70ClN11O5/c1-5-57-49-45(30-44(62-63-49)43-10-6-7-11-47(43)69)65-25-27-66(28-26-65)53-59-33-39(34-60-53)37-18-23-64(24-19-37)41-31-55(32-41)20-16-38(17-21-55)50(70)61-48(54(2,3)4)52(72)67-35-42(68)29-46(67)51(71)58-22-8-9-36-12-14-40(56)15-13-36/h6-7,10-15,30,33-34,37-38,41-42,46,48,68-69H,5,16-29,31-32,35H2,1-4H3,(H,57,63)(H,58,71)(H,61,70)/t38-,41-,42-,46+,48-,55?/m1/s1. The monoisotopic (exact) mass is 1000 g/mol. The molecule has 2 aromatic heterocycles. The Hall–Kier alpha value is -6.02. The molecule has 2 aliphatic carbocycles. The number of phenolic OH excluding ortho intramolecular Hbond substituents is 1. The highest BCUT2D eigenvalue weighted by atomic mass is 35.5. The number of likely N-dealkylation sites (tertiary alicyclic amines) is 2. The second-order valence-corrected chi connectivity index (χ2v) is 22.1. The molecule has 3 saturated heterocycles. The van der Waals surface area contributed by atoms with Crippen LogP contribution < -0.4 is 25.8 Å². The van der Waals surface area contributed by atoms with Gasteiger partial charge in [-0.15, -0.1) is 10.2 Å². The lowest BCUT2D eigenvalue weighted by atomic mass is 9.56. The summed E-state index contributed by atoms with van der Waals surface area (Å²) < 4.78 is 0. The first kappa shape index (κ1) is 50.9. The number of aliphatic hydroxyl groups is 1. The van der Waals surface area contributed by atoms with E-state index < -0.39 is 23.6 Å². The smallest absolute Gasteiger partial charge is 0.246 e. The van der Waals surface area contributed by atoms with Gasteiger partial charge >= 0.3 is 0 Å². The number of phenols is 1. The number of nitrogens with zero attached hydrogens (tertiary/aromatic N) is 8. The Morgan fingerprint density at radius 3 is 2.24 bits per heavy atom. The normalized spacial score (nSPS) is 24.2. The highest BCUT2D eigenvalue weighted by Gasteiger charge is 2.50. The van der Waals surface area contributed by atoms with E-state index >= 15 is 0 Å². The third-order valence-electron chi connectivity index (χ3n) is 15.8. The zero-order chi connectivity index (χ0) is 50.6. The van der Waals surface area contributed by atoms with Crippen LogP contribution in [0.2, 0.25) is 5.02 Å². The molecule has 5 aliphatic rings. The van der Waals surface area contributed by atoms with Gasteiger partial charge in [-0.2, -0.15) is 0 Å². The molecule has 9 rings (SSSR count). The Labute approximate surface area is 428 Å². The Kier molecular flexibility index (Phi) is 15.5. The van der Waals surface area contributed by atoms with E-state index in [0.29, 0.717) is 28.2 Å². The Morgan fingerprint density at radius 1 is 0.889 bits per heavy atom. The number of hydrogen-bond acceptors (Lipinski definition) is 13. The summed E-state index contributed by atoms with van der Waals surface area (Å²) in [6, 6.07) is 15.2. The molecule has 5 fully saturated rings. The molecule has 3 aliphatic heterocycles. The van der Waals surface area contributed by atoms with Crippen LogP contribution in [0.25, 0.3) is 11.3 Å². The molecular formula is C55H70ClN11O5. The van der Waals surface area contributed by atoms with Crippen LogP contribution in [0.1, 0.15) is 103 Å². The number of para-hydroxylation sites is 1. The van der Waals surface area contributed by atoms with Crippen LogP contribution in [0.4, 0.5) is 17.5 Å². The summed E-state index contributed by atoms with van der Waals surface area (Å²) in [6.07, 6.45) is 11.4. The molecular weight excluding hydrogens is 930 g/mol. The zero-order valence-electron chi connectivity index (χ0n) is 42.1. The van der Waals surface area contributed by atoms with Gasteiger partial charge in [0.1, 0.15) is 17.8 Å². The van der Waals surface area contributed by atoms with Crippen molar-refractivity contribution in [1.82, 2.24) is 40.6 Å². The van der Waals surface area contributed by atoms with Crippen LogP contribution in [0.3, 0.4) is 0 Å². The summed E-state index contributed by atoms with van der Waals surface area (Å²) in [5, 5.41) is 39.9. The van der Waals surface area contributed by atoms with E-state index in [4.69, 9.17) is 21.6 Å². The fourth-order valence-electron chi connectivity index (χ4n) is 11.6. The number of hydrogen-bond donors (Lipinski definition) is 5. The van der Waals surface area contributed by atoms with E-state index in [2.05, 4.69) is 52.7 Å². The third-order valence-corrected chi connectivity index (χ3v) is 16.1. The molecule has 16 nitrogen and oxygen atoms in total. The number of aromatic hydroxyl groups is 1. The highest BCUT2D eigenvalue weighted by Crippen LogP contribution is 2.55. The summed E-state index contributed by atoms with van der Waals surface area (Å²) in [5.41, 5.74) is 3.88. The summed E-state index contributed by atoms with van der Waals surface area (Å²) in [4.78, 5) is 59.9. The Balaban J connectivity index is 0.709. The van der Waals surface area contributed by atoms with Crippen LogP contribution in [-0.2, 0) is 14.4 Å². The van der Waals surface area contributed by atoms with Gasteiger partial charge in [0.2, 0.25) is 23.7 Å². The van der Waals surface area contributed by atoms with E-state index in [1.54, 1.807) is 36.4 Å². The number of aromatic nitrogens is 4. The minimum Gasteiger partial charge on any atom is -0.507 e. The second-order valence-electron chi connectivity index (χ2n) is 21.7. The predicted molar refractivity (Wildman–Crippen MR) is 280 cm³/mol. The molecule has 3 amide bonds. The minimum atomic E-state index is -0.859. The molecule has 4 aromatic rings. The van der Waals surface area contributed by atoms with E-state index in [1.165, 1.54) is 23.3 Å². The fraction of sp³-hybridized carbons (Fsp3) is 0.545. The SMILES string of the molecule is CCNc1nnc(-c2ccccc2O)cc1N1CCN(c2ncc(C3CCN([C@H]4CC5(CC[C@H](C(=O)N[C@H](C(=O)N6C[C@H](O)C[C@H]6C(=O)NCC#Cc6ccc(Cl)cc6)C(C)(C)C)CC5)C4)CC3)cn2)CC1. The first-order valence-corrected chi connectivity index (χ1v) is 26.3. The molecule has 3 atom stereocenters. The van der Waals surface area contributed by atoms with E-state index in [1.807, 2.05) is 58.3 Å². The maximum absolute atomic E-state index is 14.2. The van der Waals surface area contributed by atoms with Crippen LogP contribution in [-0.4, -0.2) is 141 Å². The van der Waals surface area contributed by atoms with Crippen molar-refractivity contribution in [2.75, 3.05) is 74.0 Å². The minimum absolute atomic E-state index is 0.0267. The van der Waals surface area contributed by atoms with Crippen molar-refractivity contribution >= 4 is 46.8 Å². The van der Waals surface area contributed by atoms with Gasteiger partial charge in [0.05, 0.1) is 24.0 Å². The lowest BCUT2D eigenvalue weighted by Gasteiger charge is -2.55. The molecule has 72 heavy (non-hydrogen) atoms. The fourth-order valence-corrected chi connectivity index (χ4v) is 11.7. The second kappa shape index (κ2) is 22.0. The zero-order valence-corrected chi connectivity index (χ0v) is 42.9. The van der Waals surface area contributed by atoms with E-state index in [0.717, 1.165) is 107 Å². The number of piperidine rings is 1. The summed E-state index contributed by atoms with van der Waals surface area (Å²) in [6.45, 7) is 13.8. The summed E-state index contributed by atoms with van der Waals surface area (Å²) >= 11 is 5.97. The van der Waals surface area contributed by atoms with Gasteiger partial charge < -0.3 is 45.8 Å². The van der Waals surface area contributed by atoms with E-state index in [9.17, 15) is 24.6 Å². The summed E-state index contributed by atoms with van der Waals surface area (Å²) in [7, 11) is 0. The lowest BCUT2D eigenvalue weighted by molar-refractivity contribution is -0.145. The first-order valence-electron chi connectivity index (χ1n) is 25.9. The molecule has 0 unspecified atom stereocenters. The van der Waals surface area contributed by atoms with Gasteiger partial charge in [-0.1, -0.05) is 56.3 Å². The van der Waals surface area contributed by atoms with Crippen molar-refractivity contribution in [1.29, 1.82) is 0 Å². The lowest BCUT2D eigenvalue weighted by Crippen LogP contribution is -2.59. The van der Waals surface area contributed by atoms with Crippen molar-refractivity contribution in [2.45, 2.75) is 116 Å². The third kappa shape index (κ3) is 11.6. The number of β-amino-alcohol motifs (C(OH)–C–C–N with tert-alkyl or cyclic N) is 1. The molecule has 5 N–H and O–H groups in total. The van der Waals surface area contributed by atoms with Gasteiger partial charge in [0.15, 0.2) is 5.82 Å². The number of anilines is 3. The maximum atomic E-state index is 14.2. The van der Waals surface area contributed by atoms with Crippen molar-refractivity contribution in [3.8, 4) is 28.8 Å². The average molecular weight is 1000 g/mol. The quantitative estimate of drug-likeness (QED) is 0.101. The van der Waals surface area contributed by atoms with Gasteiger partial charge in [-0.05, 0) is 136 Å². The molecule has 0 bridgehead atoms. The molecule has 2 saturated carbocycles. The number of halogens is 1. The van der Waals surface area contributed by atoms with Crippen molar-refractivity contribution < 1.29 is 24.6 Å². The van der Waals surface area contributed by atoms with Gasteiger partial charge in [0, 0.05) is 86.2 Å². The van der Waals surface area contributed by atoms with Crippen LogP contribution >= 0.6 is 11.6 Å². The molecule has 382 valence electrons. The van der Waals surface area contributed by atoms with Gasteiger partial charge in [0.25, 0.3) is 0 Å². The van der Waals surface area contributed by atoms with Crippen molar-refractivity contribution in [3.05, 3.63) is 83.1 Å².